The topological polar surface area (TPSA) is 61.8 Å². The third-order valence-corrected chi connectivity index (χ3v) is 3.63. The molecule has 2 N–H and O–H groups in total. The molecule has 1 aliphatic rings. The lowest BCUT2D eigenvalue weighted by Crippen LogP contribution is -2.41. The van der Waals surface area contributed by atoms with E-state index < -0.39 is 11.9 Å². The zero-order valence-corrected chi connectivity index (χ0v) is 12.3. The minimum atomic E-state index is -0.459. The molecule has 116 valence electrons. The summed E-state index contributed by atoms with van der Waals surface area (Å²) in [6.45, 7) is 0.539. The monoisotopic (exact) mass is 296 g/mol. The Morgan fingerprint density at radius 3 is 2.86 bits per heavy atom. The maximum absolute atomic E-state index is 13.5. The molecule has 0 spiro atoms. The standard InChI is InChI=1S/C15H21FN2O3/c1-18(9-13(19)11-4-5-11)15(20)17-8-10-3-6-14(21-2)12(16)7-10/h3,6-7,11,13,19H,4-5,8-9H2,1-2H3,(H,17,20). The molecule has 5 nitrogen and oxygen atoms in total. The second-order valence-electron chi connectivity index (χ2n) is 5.41. The van der Waals surface area contributed by atoms with Gasteiger partial charge in [-0.2, -0.15) is 0 Å². The third-order valence-electron chi connectivity index (χ3n) is 3.63. The Morgan fingerprint density at radius 2 is 2.29 bits per heavy atom. The number of benzene rings is 1. The maximum atomic E-state index is 13.5. The van der Waals surface area contributed by atoms with Crippen molar-refractivity contribution in [2.45, 2.75) is 25.5 Å². The van der Waals surface area contributed by atoms with Crippen molar-refractivity contribution >= 4 is 6.03 Å². The Bertz CT molecular complexity index is 506. The van der Waals surface area contributed by atoms with E-state index in [1.165, 1.54) is 24.1 Å². The fourth-order valence-electron chi connectivity index (χ4n) is 2.13. The highest BCUT2D eigenvalue weighted by Crippen LogP contribution is 2.32. The van der Waals surface area contributed by atoms with Crippen LogP contribution in [0, 0.1) is 11.7 Å². The van der Waals surface area contributed by atoms with Crippen molar-refractivity contribution in [2.75, 3.05) is 20.7 Å². The summed E-state index contributed by atoms with van der Waals surface area (Å²) in [6, 6.07) is 4.27. The van der Waals surface area contributed by atoms with Crippen molar-refractivity contribution in [3.8, 4) is 5.75 Å². The molecule has 1 aromatic rings. The van der Waals surface area contributed by atoms with E-state index in [1.54, 1.807) is 13.1 Å². The normalized spacial score (nSPS) is 15.4. The molecule has 1 aliphatic carbocycles. The lowest BCUT2D eigenvalue weighted by Gasteiger charge is -2.21. The summed E-state index contributed by atoms with van der Waals surface area (Å²) in [5.41, 5.74) is 0.651. The molecular formula is C15H21FN2O3. The molecule has 1 unspecified atom stereocenters. The first-order valence-corrected chi connectivity index (χ1v) is 7.00. The molecule has 0 saturated heterocycles. The van der Waals surface area contributed by atoms with Crippen LogP contribution in [0.25, 0.3) is 0 Å². The summed E-state index contributed by atoms with van der Waals surface area (Å²) in [6.07, 6.45) is 1.60. The zero-order chi connectivity index (χ0) is 15.4. The Morgan fingerprint density at radius 1 is 1.57 bits per heavy atom. The summed E-state index contributed by atoms with van der Waals surface area (Å²) in [5, 5.41) is 12.5. The number of hydrogen-bond donors (Lipinski definition) is 2. The number of methoxy groups -OCH3 is 1. The van der Waals surface area contributed by atoms with E-state index >= 15 is 0 Å². The van der Waals surface area contributed by atoms with Gasteiger partial charge in [-0.05, 0) is 36.5 Å². The molecular weight excluding hydrogens is 275 g/mol. The molecule has 0 aliphatic heterocycles. The van der Waals surface area contributed by atoms with Crippen LogP contribution in [-0.2, 0) is 6.54 Å². The summed E-state index contributed by atoms with van der Waals surface area (Å²) >= 11 is 0. The van der Waals surface area contributed by atoms with Crippen LogP contribution < -0.4 is 10.1 Å². The summed E-state index contributed by atoms with van der Waals surface area (Å²) in [5.74, 6) is 0.0486. The van der Waals surface area contributed by atoms with Crippen LogP contribution >= 0.6 is 0 Å². The Labute approximate surface area is 123 Å². The number of carbonyl (C=O) groups excluding carboxylic acids is 1. The largest absolute Gasteiger partial charge is 0.494 e. The quantitative estimate of drug-likeness (QED) is 0.840. The third kappa shape index (κ3) is 4.32. The number of carbonyl (C=O) groups is 1. The molecule has 2 amide bonds. The van der Waals surface area contributed by atoms with Gasteiger partial charge >= 0.3 is 6.03 Å². The second-order valence-corrected chi connectivity index (χ2v) is 5.41. The molecule has 0 bridgehead atoms. The lowest BCUT2D eigenvalue weighted by atomic mass is 10.2. The molecule has 1 aromatic carbocycles. The van der Waals surface area contributed by atoms with Crippen molar-refractivity contribution in [3.63, 3.8) is 0 Å². The van der Waals surface area contributed by atoms with Crippen LogP contribution in [0.4, 0.5) is 9.18 Å². The van der Waals surface area contributed by atoms with Crippen molar-refractivity contribution in [2.24, 2.45) is 5.92 Å². The van der Waals surface area contributed by atoms with E-state index in [4.69, 9.17) is 4.74 Å². The van der Waals surface area contributed by atoms with Gasteiger partial charge in [0.05, 0.1) is 13.2 Å². The van der Waals surface area contributed by atoms with E-state index in [1.807, 2.05) is 0 Å². The number of likely N-dealkylation sites (N-methyl/N-ethyl adjacent to an activating group) is 1. The summed E-state index contributed by atoms with van der Waals surface area (Å²) in [4.78, 5) is 13.3. The number of urea groups is 1. The number of nitrogens with zero attached hydrogens (tertiary/aromatic N) is 1. The number of rotatable bonds is 6. The number of ether oxygens (including phenoxy) is 1. The highest BCUT2D eigenvalue weighted by Gasteiger charge is 2.31. The number of hydrogen-bond acceptors (Lipinski definition) is 3. The number of aliphatic hydroxyl groups excluding tert-OH is 1. The van der Waals surface area contributed by atoms with Crippen LogP contribution in [0.5, 0.6) is 5.75 Å². The SMILES string of the molecule is COc1ccc(CNC(=O)N(C)CC(O)C2CC2)cc1F. The van der Waals surface area contributed by atoms with Crippen LogP contribution in [-0.4, -0.2) is 42.8 Å². The van der Waals surface area contributed by atoms with Crippen LogP contribution in [0.3, 0.4) is 0 Å². The summed E-state index contributed by atoms with van der Waals surface area (Å²) in [7, 11) is 3.04. The van der Waals surface area contributed by atoms with Gasteiger partial charge in [0.25, 0.3) is 0 Å². The van der Waals surface area contributed by atoms with Crippen molar-refractivity contribution in [1.82, 2.24) is 10.2 Å². The molecule has 0 heterocycles. The number of amides is 2. The average Bonchev–Trinajstić information content (AvgIpc) is 3.29. The van der Waals surface area contributed by atoms with Gasteiger partial charge in [0.15, 0.2) is 11.6 Å². The molecule has 1 saturated carbocycles. The van der Waals surface area contributed by atoms with Gasteiger partial charge in [-0.1, -0.05) is 6.07 Å². The Kier molecular flexibility index (Phi) is 5.01. The fourth-order valence-corrected chi connectivity index (χ4v) is 2.13. The Balaban J connectivity index is 1.81. The first kappa shape index (κ1) is 15.6. The molecule has 0 aromatic heterocycles. The van der Waals surface area contributed by atoms with Gasteiger partial charge in [-0.3, -0.25) is 0 Å². The fraction of sp³-hybridized carbons (Fsp3) is 0.533. The first-order chi connectivity index (χ1) is 10.0. The predicted octanol–water partition coefficient (Wildman–Crippen LogP) is 1.75. The van der Waals surface area contributed by atoms with E-state index in [2.05, 4.69) is 5.32 Å². The average molecular weight is 296 g/mol. The molecule has 0 radical (unpaired) electrons. The minimum absolute atomic E-state index is 0.176. The lowest BCUT2D eigenvalue weighted by molar-refractivity contribution is 0.113. The van der Waals surface area contributed by atoms with Gasteiger partial charge < -0.3 is 20.1 Å². The molecule has 2 rings (SSSR count). The molecule has 1 atom stereocenters. The van der Waals surface area contributed by atoms with Crippen LogP contribution in [0.15, 0.2) is 18.2 Å². The van der Waals surface area contributed by atoms with Crippen LogP contribution in [0.2, 0.25) is 0 Å². The highest BCUT2D eigenvalue weighted by molar-refractivity contribution is 5.73. The van der Waals surface area contributed by atoms with Crippen molar-refractivity contribution in [1.29, 1.82) is 0 Å². The zero-order valence-electron chi connectivity index (χ0n) is 12.3. The van der Waals surface area contributed by atoms with E-state index in [0.717, 1.165) is 12.8 Å². The van der Waals surface area contributed by atoms with Gasteiger partial charge in [-0.25, -0.2) is 9.18 Å². The maximum Gasteiger partial charge on any atom is 0.317 e. The smallest absolute Gasteiger partial charge is 0.317 e. The van der Waals surface area contributed by atoms with E-state index in [-0.39, 0.29) is 18.3 Å². The highest BCUT2D eigenvalue weighted by atomic mass is 19.1. The van der Waals surface area contributed by atoms with Crippen molar-refractivity contribution in [3.05, 3.63) is 29.6 Å². The van der Waals surface area contributed by atoms with Gasteiger partial charge in [-0.15, -0.1) is 0 Å². The van der Waals surface area contributed by atoms with Gasteiger partial charge in [0, 0.05) is 20.1 Å². The summed E-state index contributed by atoms with van der Waals surface area (Å²) < 4.78 is 18.4. The molecule has 1 fully saturated rings. The van der Waals surface area contributed by atoms with Gasteiger partial charge in [0.1, 0.15) is 0 Å². The predicted molar refractivity (Wildman–Crippen MR) is 76.5 cm³/mol. The van der Waals surface area contributed by atoms with Crippen molar-refractivity contribution < 1.29 is 19.0 Å². The number of halogens is 1. The number of aliphatic hydroxyl groups is 1. The van der Waals surface area contributed by atoms with Crippen LogP contribution in [0.1, 0.15) is 18.4 Å². The minimum Gasteiger partial charge on any atom is -0.494 e. The van der Waals surface area contributed by atoms with E-state index in [9.17, 15) is 14.3 Å². The number of nitrogens with one attached hydrogen (secondary N) is 1. The second kappa shape index (κ2) is 6.76. The van der Waals surface area contributed by atoms with E-state index in [0.29, 0.717) is 18.0 Å². The Hall–Kier alpha value is -1.82. The molecule has 21 heavy (non-hydrogen) atoms. The van der Waals surface area contributed by atoms with Gasteiger partial charge in [0.2, 0.25) is 0 Å². The molecule has 6 heteroatoms. The first-order valence-electron chi connectivity index (χ1n) is 7.00.